The van der Waals surface area contributed by atoms with Gasteiger partial charge in [-0.25, -0.2) is 0 Å². The van der Waals surface area contributed by atoms with Crippen molar-refractivity contribution >= 4 is 5.91 Å². The Labute approximate surface area is 92.9 Å². The highest BCUT2D eigenvalue weighted by molar-refractivity contribution is 5.80. The number of rotatable bonds is 5. The third-order valence-corrected chi connectivity index (χ3v) is 2.22. The maximum absolute atomic E-state index is 11.5. The molecule has 0 fully saturated rings. The molecule has 15 heavy (non-hydrogen) atoms. The first-order valence-electron chi connectivity index (χ1n) is 5.58. The van der Waals surface area contributed by atoms with Crippen LogP contribution in [0.2, 0.25) is 0 Å². The monoisotopic (exact) mass is 210 g/mol. The van der Waals surface area contributed by atoms with Crippen molar-refractivity contribution in [1.82, 2.24) is 5.32 Å². The molecule has 3 heteroatoms. The highest BCUT2D eigenvalue weighted by atomic mass is 16.1. The largest absolute Gasteiger partial charge is 0.355 e. The smallest absolute Gasteiger partial charge is 0.237 e. The Kier molecular flexibility index (Phi) is 6.00. The van der Waals surface area contributed by atoms with E-state index in [1.165, 1.54) is 0 Å². The van der Waals surface area contributed by atoms with Gasteiger partial charge in [-0.2, -0.15) is 5.26 Å². The molecule has 86 valence electrons. The molecule has 0 aromatic heterocycles. The number of amides is 1. The van der Waals surface area contributed by atoms with Crippen LogP contribution in [0.3, 0.4) is 0 Å². The second kappa shape index (κ2) is 6.44. The van der Waals surface area contributed by atoms with Crippen LogP contribution in [0.15, 0.2) is 0 Å². The van der Waals surface area contributed by atoms with Crippen molar-refractivity contribution in [3.8, 4) is 6.07 Å². The molecule has 1 atom stereocenters. The van der Waals surface area contributed by atoms with Gasteiger partial charge in [0.15, 0.2) is 0 Å². The summed E-state index contributed by atoms with van der Waals surface area (Å²) >= 11 is 0. The quantitative estimate of drug-likeness (QED) is 0.758. The summed E-state index contributed by atoms with van der Waals surface area (Å²) in [5.41, 5.74) is 0.222. The molecule has 0 radical (unpaired) electrons. The average molecular weight is 210 g/mol. The van der Waals surface area contributed by atoms with E-state index in [-0.39, 0.29) is 11.3 Å². The van der Waals surface area contributed by atoms with E-state index in [0.717, 1.165) is 12.8 Å². The van der Waals surface area contributed by atoms with E-state index in [9.17, 15) is 4.79 Å². The summed E-state index contributed by atoms with van der Waals surface area (Å²) in [6.07, 6.45) is 2.45. The molecule has 0 heterocycles. The number of nitrogens with zero attached hydrogens (tertiary/aromatic N) is 1. The molecular weight excluding hydrogens is 188 g/mol. The van der Waals surface area contributed by atoms with Gasteiger partial charge in [0.25, 0.3) is 0 Å². The van der Waals surface area contributed by atoms with Crippen LogP contribution in [0.25, 0.3) is 0 Å². The number of carbonyl (C=O) groups is 1. The van der Waals surface area contributed by atoms with E-state index in [0.29, 0.717) is 13.0 Å². The molecule has 0 rings (SSSR count). The third kappa shape index (κ3) is 6.96. The lowest BCUT2D eigenvalue weighted by Gasteiger charge is -2.18. The Balaban J connectivity index is 3.88. The van der Waals surface area contributed by atoms with E-state index in [4.69, 9.17) is 5.26 Å². The molecule has 1 unspecified atom stereocenters. The number of nitriles is 1. The van der Waals surface area contributed by atoms with Gasteiger partial charge in [0, 0.05) is 6.54 Å². The Morgan fingerprint density at radius 1 is 1.47 bits per heavy atom. The molecular formula is C12H22N2O. The van der Waals surface area contributed by atoms with Crippen molar-refractivity contribution < 1.29 is 4.79 Å². The average Bonchev–Trinajstić information content (AvgIpc) is 2.11. The summed E-state index contributed by atoms with van der Waals surface area (Å²) < 4.78 is 0. The molecule has 0 saturated heterocycles. The fourth-order valence-corrected chi connectivity index (χ4v) is 1.23. The van der Waals surface area contributed by atoms with Crippen molar-refractivity contribution in [1.29, 1.82) is 5.26 Å². The van der Waals surface area contributed by atoms with Gasteiger partial charge in [-0.05, 0) is 18.3 Å². The number of hydrogen-bond acceptors (Lipinski definition) is 2. The van der Waals surface area contributed by atoms with Crippen molar-refractivity contribution in [2.24, 2.45) is 11.3 Å². The molecule has 0 spiro atoms. The molecule has 0 aromatic carbocycles. The summed E-state index contributed by atoms with van der Waals surface area (Å²) in [5, 5.41) is 11.6. The van der Waals surface area contributed by atoms with Crippen molar-refractivity contribution in [3.63, 3.8) is 0 Å². The molecule has 0 saturated carbocycles. The van der Waals surface area contributed by atoms with E-state index >= 15 is 0 Å². The van der Waals surface area contributed by atoms with Crippen LogP contribution >= 0.6 is 0 Å². The van der Waals surface area contributed by atoms with Crippen LogP contribution in [0, 0.1) is 22.7 Å². The van der Waals surface area contributed by atoms with Gasteiger partial charge in [0.05, 0.1) is 6.07 Å². The number of hydrogen-bond donors (Lipinski definition) is 1. The van der Waals surface area contributed by atoms with E-state index in [1.807, 2.05) is 13.0 Å². The Bertz CT molecular complexity index is 235. The Morgan fingerprint density at radius 2 is 2.07 bits per heavy atom. The van der Waals surface area contributed by atoms with Gasteiger partial charge in [0.1, 0.15) is 5.92 Å². The molecule has 1 amide bonds. The summed E-state index contributed by atoms with van der Waals surface area (Å²) in [7, 11) is 0. The Hall–Kier alpha value is -1.04. The lowest BCUT2D eigenvalue weighted by Crippen LogP contribution is -2.32. The van der Waals surface area contributed by atoms with Gasteiger partial charge >= 0.3 is 0 Å². The zero-order valence-corrected chi connectivity index (χ0v) is 10.3. The zero-order valence-electron chi connectivity index (χ0n) is 10.3. The third-order valence-electron chi connectivity index (χ3n) is 2.22. The molecule has 0 bridgehead atoms. The van der Waals surface area contributed by atoms with E-state index in [2.05, 4.69) is 26.1 Å². The van der Waals surface area contributed by atoms with Crippen molar-refractivity contribution in [3.05, 3.63) is 0 Å². The second-order valence-electron chi connectivity index (χ2n) is 5.07. The molecule has 0 aliphatic heterocycles. The van der Waals surface area contributed by atoms with Gasteiger partial charge in [-0.3, -0.25) is 4.79 Å². The predicted molar refractivity (Wildman–Crippen MR) is 61.1 cm³/mol. The summed E-state index contributed by atoms with van der Waals surface area (Å²) in [6.45, 7) is 9.03. The first-order chi connectivity index (χ1) is 6.90. The summed E-state index contributed by atoms with van der Waals surface area (Å²) in [6, 6.07) is 2.04. The number of carbonyl (C=O) groups excluding carboxylic acids is 1. The predicted octanol–water partition coefficient (Wildman–Crippen LogP) is 2.48. The maximum Gasteiger partial charge on any atom is 0.237 e. The van der Waals surface area contributed by atoms with Crippen LogP contribution in [-0.2, 0) is 4.79 Å². The molecule has 0 aromatic rings. The van der Waals surface area contributed by atoms with E-state index < -0.39 is 5.92 Å². The minimum absolute atomic E-state index is 0.122. The topological polar surface area (TPSA) is 52.9 Å². The Morgan fingerprint density at radius 3 is 2.47 bits per heavy atom. The van der Waals surface area contributed by atoms with Crippen LogP contribution < -0.4 is 5.32 Å². The van der Waals surface area contributed by atoms with Crippen molar-refractivity contribution in [2.45, 2.75) is 47.0 Å². The first-order valence-corrected chi connectivity index (χ1v) is 5.58. The minimum Gasteiger partial charge on any atom is -0.355 e. The lowest BCUT2D eigenvalue weighted by atomic mass is 9.92. The molecule has 0 aliphatic rings. The molecule has 3 nitrogen and oxygen atoms in total. The fourth-order valence-electron chi connectivity index (χ4n) is 1.23. The maximum atomic E-state index is 11.5. The standard InChI is InChI=1S/C12H22N2O/c1-5-6-10(9-13)11(15)14-8-7-12(2,3)4/h10H,5-8H2,1-4H3,(H,14,15). The highest BCUT2D eigenvalue weighted by Crippen LogP contribution is 2.17. The SMILES string of the molecule is CCCC(C#N)C(=O)NCCC(C)(C)C. The van der Waals surface area contributed by atoms with E-state index in [1.54, 1.807) is 0 Å². The molecule has 0 aliphatic carbocycles. The minimum atomic E-state index is -0.477. The summed E-state index contributed by atoms with van der Waals surface area (Å²) in [4.78, 5) is 11.5. The van der Waals surface area contributed by atoms with Crippen LogP contribution in [0.1, 0.15) is 47.0 Å². The molecule has 1 N–H and O–H groups in total. The van der Waals surface area contributed by atoms with Crippen molar-refractivity contribution in [2.75, 3.05) is 6.54 Å². The fraction of sp³-hybridized carbons (Fsp3) is 0.833. The number of nitrogens with one attached hydrogen (secondary N) is 1. The summed E-state index contributed by atoms with van der Waals surface area (Å²) in [5.74, 6) is -0.599. The van der Waals surface area contributed by atoms with Gasteiger partial charge in [-0.15, -0.1) is 0 Å². The highest BCUT2D eigenvalue weighted by Gasteiger charge is 2.17. The normalized spacial score (nSPS) is 13.0. The zero-order chi connectivity index (χ0) is 11.9. The van der Waals surface area contributed by atoms with Crippen LogP contribution in [0.4, 0.5) is 0 Å². The van der Waals surface area contributed by atoms with Crippen LogP contribution in [0.5, 0.6) is 0 Å². The lowest BCUT2D eigenvalue weighted by molar-refractivity contribution is -0.123. The van der Waals surface area contributed by atoms with Crippen LogP contribution in [-0.4, -0.2) is 12.5 Å². The van der Waals surface area contributed by atoms with Gasteiger partial charge in [-0.1, -0.05) is 34.1 Å². The first kappa shape index (κ1) is 14.0. The second-order valence-corrected chi connectivity index (χ2v) is 5.07. The van der Waals surface area contributed by atoms with Gasteiger partial charge < -0.3 is 5.32 Å². The van der Waals surface area contributed by atoms with Gasteiger partial charge in [0.2, 0.25) is 5.91 Å².